The zero-order valence-corrected chi connectivity index (χ0v) is 13.5. The molecule has 1 nitrogen and oxygen atoms in total. The van der Waals surface area contributed by atoms with E-state index in [1.165, 1.54) is 5.56 Å². The van der Waals surface area contributed by atoms with Gasteiger partial charge in [-0.25, -0.2) is 4.39 Å². The van der Waals surface area contributed by atoms with Gasteiger partial charge in [0.25, 0.3) is 0 Å². The first-order valence-electron chi connectivity index (χ1n) is 6.53. The van der Waals surface area contributed by atoms with Gasteiger partial charge in [-0.05, 0) is 57.7 Å². The van der Waals surface area contributed by atoms with Crippen LogP contribution in [0.25, 0.3) is 0 Å². The van der Waals surface area contributed by atoms with Crippen molar-refractivity contribution in [3.63, 3.8) is 0 Å². The lowest BCUT2D eigenvalue weighted by molar-refractivity contribution is 0.517. The highest BCUT2D eigenvalue weighted by Crippen LogP contribution is 2.21. The van der Waals surface area contributed by atoms with Gasteiger partial charge in [0, 0.05) is 17.6 Å². The molecular weight excluding hydrogens is 341 g/mol. The summed E-state index contributed by atoms with van der Waals surface area (Å²) in [6.45, 7) is 2.75. The Hall–Kier alpha value is -0.900. The minimum absolute atomic E-state index is 0.233. The van der Waals surface area contributed by atoms with Crippen LogP contribution in [0, 0.1) is 5.82 Å². The van der Waals surface area contributed by atoms with Gasteiger partial charge in [0.15, 0.2) is 0 Å². The minimum Gasteiger partial charge on any atom is -0.306 e. The fraction of sp³-hybridized carbons (Fsp3) is 0.250. The summed E-state index contributed by atoms with van der Waals surface area (Å²) in [5.41, 5.74) is 2.12. The molecule has 0 fully saturated rings. The van der Waals surface area contributed by atoms with Crippen LogP contribution < -0.4 is 5.32 Å². The van der Waals surface area contributed by atoms with Crippen LogP contribution in [-0.2, 0) is 6.54 Å². The molecule has 0 saturated heterocycles. The van der Waals surface area contributed by atoms with E-state index in [2.05, 4.69) is 28.2 Å². The summed E-state index contributed by atoms with van der Waals surface area (Å²) in [5.74, 6) is -0.233. The third kappa shape index (κ3) is 4.05. The van der Waals surface area contributed by atoms with Crippen molar-refractivity contribution >= 4 is 27.5 Å². The summed E-state index contributed by atoms with van der Waals surface area (Å²) in [6.07, 6.45) is 0.959. The number of benzene rings is 2. The molecule has 0 heterocycles. The minimum atomic E-state index is -0.233. The lowest BCUT2D eigenvalue weighted by Crippen LogP contribution is -2.20. The quantitative estimate of drug-likeness (QED) is 0.747. The van der Waals surface area contributed by atoms with E-state index in [0.29, 0.717) is 11.0 Å². The largest absolute Gasteiger partial charge is 0.306 e. The maximum Gasteiger partial charge on any atom is 0.137 e. The molecule has 0 bridgehead atoms. The van der Waals surface area contributed by atoms with Crippen molar-refractivity contribution in [2.75, 3.05) is 0 Å². The smallest absolute Gasteiger partial charge is 0.137 e. The number of hydrogen-bond donors (Lipinski definition) is 1. The van der Waals surface area contributed by atoms with E-state index in [1.54, 1.807) is 12.1 Å². The number of nitrogens with one attached hydrogen (secondary N) is 1. The second kappa shape index (κ2) is 7.21. The van der Waals surface area contributed by atoms with Crippen LogP contribution in [0.2, 0.25) is 5.02 Å². The van der Waals surface area contributed by atoms with E-state index in [4.69, 9.17) is 11.6 Å². The van der Waals surface area contributed by atoms with Crippen LogP contribution in [0.1, 0.15) is 30.5 Å². The van der Waals surface area contributed by atoms with Gasteiger partial charge in [-0.1, -0.05) is 36.7 Å². The van der Waals surface area contributed by atoms with Crippen molar-refractivity contribution < 1.29 is 4.39 Å². The summed E-state index contributed by atoms with van der Waals surface area (Å²) in [6, 6.07) is 13.2. The molecule has 0 saturated carbocycles. The summed E-state index contributed by atoms with van der Waals surface area (Å²) in [4.78, 5) is 0. The van der Waals surface area contributed by atoms with Gasteiger partial charge in [-0.15, -0.1) is 0 Å². The monoisotopic (exact) mass is 355 g/mol. The molecule has 20 heavy (non-hydrogen) atoms. The predicted octanol–water partition coefficient (Wildman–Crippen LogP) is 5.48. The lowest BCUT2D eigenvalue weighted by atomic mass is 10.0. The van der Waals surface area contributed by atoms with E-state index >= 15 is 0 Å². The Morgan fingerprint density at radius 2 is 1.90 bits per heavy atom. The second-order valence-electron chi connectivity index (χ2n) is 4.64. The zero-order valence-electron chi connectivity index (χ0n) is 11.2. The normalized spacial score (nSPS) is 12.4. The van der Waals surface area contributed by atoms with Crippen molar-refractivity contribution in [1.82, 2.24) is 5.32 Å². The van der Waals surface area contributed by atoms with E-state index in [0.717, 1.165) is 17.0 Å². The molecule has 4 heteroatoms. The van der Waals surface area contributed by atoms with Gasteiger partial charge < -0.3 is 5.32 Å². The molecule has 1 N–H and O–H groups in total. The van der Waals surface area contributed by atoms with Gasteiger partial charge in [-0.2, -0.15) is 0 Å². The summed E-state index contributed by atoms with van der Waals surface area (Å²) in [5, 5.41) is 4.18. The van der Waals surface area contributed by atoms with Gasteiger partial charge in [0.2, 0.25) is 0 Å². The molecule has 0 aromatic heterocycles. The molecule has 0 aliphatic carbocycles. The average molecular weight is 357 g/mol. The Bertz CT molecular complexity index is 571. The van der Waals surface area contributed by atoms with Crippen molar-refractivity contribution in [1.29, 1.82) is 0 Å². The number of rotatable bonds is 5. The van der Waals surface area contributed by atoms with Crippen molar-refractivity contribution in [3.8, 4) is 0 Å². The van der Waals surface area contributed by atoms with E-state index in [-0.39, 0.29) is 11.9 Å². The van der Waals surface area contributed by atoms with Crippen LogP contribution in [-0.4, -0.2) is 0 Å². The Balaban J connectivity index is 2.03. The fourth-order valence-electron chi connectivity index (χ4n) is 2.08. The molecule has 0 aliphatic heterocycles. The zero-order chi connectivity index (χ0) is 14.5. The summed E-state index contributed by atoms with van der Waals surface area (Å²) >= 11 is 9.06. The molecule has 1 atom stereocenters. The molecule has 0 radical (unpaired) electrons. The first-order chi connectivity index (χ1) is 9.60. The second-order valence-corrected chi connectivity index (χ2v) is 5.93. The highest BCUT2D eigenvalue weighted by molar-refractivity contribution is 9.10. The lowest BCUT2D eigenvalue weighted by Gasteiger charge is -2.17. The molecule has 2 rings (SSSR count). The first kappa shape index (κ1) is 15.5. The SMILES string of the molecule is CCC(NCc1ccc(Br)c(F)c1)c1ccc(Cl)cc1. The summed E-state index contributed by atoms with van der Waals surface area (Å²) in [7, 11) is 0. The van der Waals surface area contributed by atoms with E-state index < -0.39 is 0 Å². The molecule has 1 unspecified atom stereocenters. The molecule has 0 amide bonds. The van der Waals surface area contributed by atoms with Crippen LogP contribution in [0.5, 0.6) is 0 Å². The molecule has 0 aliphatic rings. The summed E-state index contributed by atoms with van der Waals surface area (Å²) < 4.78 is 14.0. The molecule has 2 aromatic carbocycles. The Kier molecular flexibility index (Phi) is 5.58. The van der Waals surface area contributed by atoms with Gasteiger partial charge >= 0.3 is 0 Å². The maximum absolute atomic E-state index is 13.5. The maximum atomic E-state index is 13.5. The highest BCUT2D eigenvalue weighted by atomic mass is 79.9. The van der Waals surface area contributed by atoms with Crippen molar-refractivity contribution in [3.05, 3.63) is 68.9 Å². The van der Waals surface area contributed by atoms with E-state index in [1.807, 2.05) is 30.3 Å². The molecule has 0 spiro atoms. The van der Waals surface area contributed by atoms with Gasteiger partial charge in [0.1, 0.15) is 5.82 Å². The standard InChI is InChI=1S/C16H16BrClFN/c1-2-16(12-4-6-13(18)7-5-12)20-10-11-3-8-14(17)15(19)9-11/h3-9,16,20H,2,10H2,1H3. The predicted molar refractivity (Wildman–Crippen MR) is 85.4 cm³/mol. The van der Waals surface area contributed by atoms with Gasteiger partial charge in [-0.3, -0.25) is 0 Å². The van der Waals surface area contributed by atoms with Crippen LogP contribution in [0.15, 0.2) is 46.9 Å². The van der Waals surface area contributed by atoms with Crippen LogP contribution in [0.3, 0.4) is 0 Å². The number of hydrogen-bond acceptors (Lipinski definition) is 1. The van der Waals surface area contributed by atoms with E-state index in [9.17, 15) is 4.39 Å². The Morgan fingerprint density at radius 1 is 1.20 bits per heavy atom. The van der Waals surface area contributed by atoms with Crippen molar-refractivity contribution in [2.24, 2.45) is 0 Å². The Labute approximate surface area is 132 Å². The molecular formula is C16H16BrClFN. The van der Waals surface area contributed by atoms with Crippen LogP contribution >= 0.6 is 27.5 Å². The van der Waals surface area contributed by atoms with Gasteiger partial charge in [0.05, 0.1) is 4.47 Å². The Morgan fingerprint density at radius 3 is 2.50 bits per heavy atom. The first-order valence-corrected chi connectivity index (χ1v) is 7.70. The fourth-order valence-corrected chi connectivity index (χ4v) is 2.46. The molecule has 106 valence electrons. The topological polar surface area (TPSA) is 12.0 Å². The van der Waals surface area contributed by atoms with Crippen molar-refractivity contribution in [2.45, 2.75) is 25.9 Å². The third-order valence-electron chi connectivity index (χ3n) is 3.22. The third-order valence-corrected chi connectivity index (χ3v) is 4.11. The highest BCUT2D eigenvalue weighted by Gasteiger charge is 2.09. The number of halogens is 3. The average Bonchev–Trinajstić information content (AvgIpc) is 2.45. The van der Waals surface area contributed by atoms with Crippen LogP contribution in [0.4, 0.5) is 4.39 Å². The molecule has 2 aromatic rings.